The Hall–Kier alpha value is -0.870. The predicted molar refractivity (Wildman–Crippen MR) is 77.9 cm³/mol. The van der Waals surface area contributed by atoms with E-state index in [9.17, 15) is 4.79 Å². The van der Waals surface area contributed by atoms with Gasteiger partial charge in [0, 0.05) is 11.4 Å². The summed E-state index contributed by atoms with van der Waals surface area (Å²) < 4.78 is 0. The molecule has 0 spiro atoms. The Labute approximate surface area is 119 Å². The third-order valence-corrected chi connectivity index (χ3v) is 5.25. The first-order chi connectivity index (χ1) is 9.29. The van der Waals surface area contributed by atoms with Crippen LogP contribution in [-0.4, -0.2) is 23.4 Å². The summed E-state index contributed by atoms with van der Waals surface area (Å²) in [4.78, 5) is 15.9. The number of rotatable bonds is 5. The van der Waals surface area contributed by atoms with Gasteiger partial charge in [0.15, 0.2) is 0 Å². The molecule has 104 valence electrons. The number of hydrogen-bond donors (Lipinski definition) is 1. The van der Waals surface area contributed by atoms with Crippen molar-refractivity contribution in [2.45, 2.75) is 51.2 Å². The van der Waals surface area contributed by atoms with Gasteiger partial charge in [-0.25, -0.2) is 0 Å². The van der Waals surface area contributed by atoms with E-state index in [0.717, 1.165) is 25.3 Å². The van der Waals surface area contributed by atoms with E-state index >= 15 is 0 Å². The van der Waals surface area contributed by atoms with Crippen molar-refractivity contribution in [2.75, 3.05) is 6.54 Å². The van der Waals surface area contributed by atoms with Crippen molar-refractivity contribution in [1.29, 1.82) is 0 Å². The summed E-state index contributed by atoms with van der Waals surface area (Å²) in [5.74, 6) is 1.04. The normalized spacial score (nSPS) is 27.8. The van der Waals surface area contributed by atoms with Gasteiger partial charge < -0.3 is 4.90 Å². The second kappa shape index (κ2) is 5.63. The predicted octanol–water partition coefficient (Wildman–Crippen LogP) is 3.15. The minimum atomic E-state index is 0.0252. The third-order valence-electron chi connectivity index (χ3n) is 4.32. The average molecular weight is 278 g/mol. The summed E-state index contributed by atoms with van der Waals surface area (Å²) in [7, 11) is 0. The van der Waals surface area contributed by atoms with Crippen molar-refractivity contribution in [2.24, 2.45) is 5.92 Å². The molecule has 4 heteroatoms. The van der Waals surface area contributed by atoms with Crippen LogP contribution >= 0.6 is 11.3 Å². The number of thiophene rings is 1. The molecule has 2 unspecified atom stereocenters. The van der Waals surface area contributed by atoms with E-state index in [4.69, 9.17) is 0 Å². The highest BCUT2D eigenvalue weighted by atomic mass is 32.1. The van der Waals surface area contributed by atoms with Crippen LogP contribution in [0.25, 0.3) is 0 Å². The van der Waals surface area contributed by atoms with Crippen molar-refractivity contribution >= 4 is 17.2 Å². The zero-order valence-electron chi connectivity index (χ0n) is 11.5. The van der Waals surface area contributed by atoms with E-state index in [2.05, 4.69) is 34.7 Å². The van der Waals surface area contributed by atoms with Gasteiger partial charge in [0.2, 0.25) is 5.91 Å². The fraction of sp³-hybridized carbons (Fsp3) is 0.667. The Bertz CT molecular complexity index is 427. The molecule has 1 aromatic heterocycles. The minimum absolute atomic E-state index is 0.0252. The van der Waals surface area contributed by atoms with E-state index in [1.165, 1.54) is 24.1 Å². The maximum absolute atomic E-state index is 12.5. The second-order valence-electron chi connectivity index (χ2n) is 5.71. The van der Waals surface area contributed by atoms with Crippen molar-refractivity contribution < 1.29 is 4.79 Å². The van der Waals surface area contributed by atoms with Crippen LogP contribution < -0.4 is 5.32 Å². The molecule has 2 atom stereocenters. The van der Waals surface area contributed by atoms with Crippen LogP contribution in [0.4, 0.5) is 0 Å². The lowest BCUT2D eigenvalue weighted by Gasteiger charge is -2.32. The van der Waals surface area contributed by atoms with Gasteiger partial charge >= 0.3 is 0 Å². The molecule has 19 heavy (non-hydrogen) atoms. The maximum Gasteiger partial charge on any atom is 0.241 e. The molecule has 1 saturated heterocycles. The highest BCUT2D eigenvalue weighted by Crippen LogP contribution is 2.34. The summed E-state index contributed by atoms with van der Waals surface area (Å²) in [5, 5.41) is 5.63. The van der Waals surface area contributed by atoms with E-state index in [1.54, 1.807) is 11.3 Å². The summed E-state index contributed by atoms with van der Waals surface area (Å²) in [6, 6.07) is 4.23. The lowest BCUT2D eigenvalue weighted by Crippen LogP contribution is -2.37. The highest BCUT2D eigenvalue weighted by Gasteiger charge is 2.40. The van der Waals surface area contributed by atoms with Crippen LogP contribution in [0.5, 0.6) is 0 Å². The molecule has 3 rings (SSSR count). The van der Waals surface area contributed by atoms with Gasteiger partial charge in [-0.15, -0.1) is 11.3 Å². The standard InChI is InChI=1S/C15H22N2OS/c1-2-5-12-15(18)17(10-11-6-3-7-11)14(16-12)13-8-4-9-19-13/h4,8-9,11-12,14,16H,2-3,5-7,10H2,1H3. The zero-order valence-corrected chi connectivity index (χ0v) is 12.3. The van der Waals surface area contributed by atoms with Gasteiger partial charge in [-0.1, -0.05) is 25.8 Å². The molecule has 1 aliphatic heterocycles. The van der Waals surface area contributed by atoms with Crippen LogP contribution in [0.3, 0.4) is 0 Å². The van der Waals surface area contributed by atoms with Gasteiger partial charge in [0.1, 0.15) is 6.17 Å². The number of amides is 1. The van der Waals surface area contributed by atoms with Crippen LogP contribution in [0.15, 0.2) is 17.5 Å². The van der Waals surface area contributed by atoms with E-state index in [0.29, 0.717) is 5.91 Å². The third kappa shape index (κ3) is 2.56. The lowest BCUT2D eigenvalue weighted by molar-refractivity contribution is -0.131. The molecule has 1 saturated carbocycles. The number of nitrogens with zero attached hydrogens (tertiary/aromatic N) is 1. The van der Waals surface area contributed by atoms with Crippen LogP contribution in [0, 0.1) is 5.92 Å². The van der Waals surface area contributed by atoms with E-state index in [1.807, 2.05) is 0 Å². The summed E-state index contributed by atoms with van der Waals surface area (Å²) in [6.07, 6.45) is 6.03. The fourth-order valence-electron chi connectivity index (χ4n) is 3.01. The molecule has 1 aliphatic carbocycles. The fourth-order valence-corrected chi connectivity index (χ4v) is 3.80. The molecule has 2 heterocycles. The van der Waals surface area contributed by atoms with E-state index in [-0.39, 0.29) is 12.2 Å². The lowest BCUT2D eigenvalue weighted by atomic mass is 9.85. The van der Waals surface area contributed by atoms with Crippen molar-refractivity contribution in [1.82, 2.24) is 10.2 Å². The molecule has 1 aromatic rings. The summed E-state index contributed by atoms with van der Waals surface area (Å²) >= 11 is 1.74. The highest BCUT2D eigenvalue weighted by molar-refractivity contribution is 7.10. The Morgan fingerprint density at radius 3 is 2.89 bits per heavy atom. The number of hydrogen-bond acceptors (Lipinski definition) is 3. The van der Waals surface area contributed by atoms with Gasteiger partial charge in [0.25, 0.3) is 0 Å². The molecule has 0 bridgehead atoms. The van der Waals surface area contributed by atoms with Crippen molar-refractivity contribution in [3.05, 3.63) is 22.4 Å². The zero-order chi connectivity index (χ0) is 13.2. The largest absolute Gasteiger partial charge is 0.320 e. The molecule has 1 amide bonds. The van der Waals surface area contributed by atoms with Gasteiger partial charge in [-0.2, -0.15) is 0 Å². The van der Waals surface area contributed by atoms with Crippen molar-refractivity contribution in [3.8, 4) is 0 Å². The first-order valence-corrected chi connectivity index (χ1v) is 8.27. The van der Waals surface area contributed by atoms with Gasteiger partial charge in [-0.05, 0) is 36.6 Å². The maximum atomic E-state index is 12.5. The molecule has 3 nitrogen and oxygen atoms in total. The Morgan fingerprint density at radius 2 is 2.32 bits per heavy atom. The Balaban J connectivity index is 1.76. The summed E-state index contributed by atoms with van der Waals surface area (Å²) in [5.41, 5.74) is 0. The van der Waals surface area contributed by atoms with Crippen LogP contribution in [-0.2, 0) is 4.79 Å². The second-order valence-corrected chi connectivity index (χ2v) is 6.69. The Morgan fingerprint density at radius 1 is 1.47 bits per heavy atom. The smallest absolute Gasteiger partial charge is 0.241 e. The Kier molecular flexibility index (Phi) is 3.89. The molecule has 0 radical (unpaired) electrons. The summed E-state index contributed by atoms with van der Waals surface area (Å²) in [6.45, 7) is 3.08. The number of nitrogens with one attached hydrogen (secondary N) is 1. The quantitative estimate of drug-likeness (QED) is 0.897. The van der Waals surface area contributed by atoms with Crippen LogP contribution in [0.1, 0.15) is 50.1 Å². The van der Waals surface area contributed by atoms with Gasteiger partial charge in [0.05, 0.1) is 6.04 Å². The topological polar surface area (TPSA) is 32.3 Å². The molecular formula is C15H22N2OS. The monoisotopic (exact) mass is 278 g/mol. The van der Waals surface area contributed by atoms with Gasteiger partial charge in [-0.3, -0.25) is 10.1 Å². The molecule has 2 fully saturated rings. The minimum Gasteiger partial charge on any atom is -0.320 e. The molecule has 1 N–H and O–H groups in total. The molecule has 0 aromatic carbocycles. The molecular weight excluding hydrogens is 256 g/mol. The average Bonchev–Trinajstić information content (AvgIpc) is 2.95. The molecule has 2 aliphatic rings. The number of carbonyl (C=O) groups excluding carboxylic acids is 1. The first kappa shape index (κ1) is 13.1. The SMILES string of the molecule is CCCC1NC(c2cccs2)N(CC2CCC2)C1=O. The van der Waals surface area contributed by atoms with Crippen LogP contribution in [0.2, 0.25) is 0 Å². The van der Waals surface area contributed by atoms with E-state index < -0.39 is 0 Å². The number of carbonyl (C=O) groups is 1. The van der Waals surface area contributed by atoms with Crippen molar-refractivity contribution in [3.63, 3.8) is 0 Å². The first-order valence-electron chi connectivity index (χ1n) is 7.39.